The number of aromatic amines is 2. The van der Waals surface area contributed by atoms with Gasteiger partial charge >= 0.3 is 5.69 Å². The number of rotatable bonds is 1. The van der Waals surface area contributed by atoms with Crippen molar-refractivity contribution in [1.82, 2.24) is 19.4 Å². The molecule has 0 spiro atoms. The van der Waals surface area contributed by atoms with E-state index >= 15 is 0 Å². The maximum absolute atomic E-state index is 11.9. The Bertz CT molecular complexity index is 794. The number of H-pyrrole nitrogens is 2. The van der Waals surface area contributed by atoms with Gasteiger partial charge < -0.3 is 4.98 Å². The highest BCUT2D eigenvalue weighted by atomic mass is 32.1. The van der Waals surface area contributed by atoms with Crippen LogP contribution in [0.4, 0.5) is 0 Å². The highest BCUT2D eigenvalue weighted by Crippen LogP contribution is 2.24. The van der Waals surface area contributed by atoms with Gasteiger partial charge in [0.2, 0.25) is 0 Å². The van der Waals surface area contributed by atoms with Crippen molar-refractivity contribution in [2.45, 2.75) is 6.92 Å². The van der Waals surface area contributed by atoms with Crippen molar-refractivity contribution in [1.29, 1.82) is 0 Å². The zero-order valence-electron chi connectivity index (χ0n) is 8.85. The van der Waals surface area contributed by atoms with E-state index in [4.69, 9.17) is 12.2 Å². The first kappa shape index (κ1) is 10.4. The molecule has 86 valence electrons. The Morgan fingerprint density at radius 3 is 3.00 bits per heavy atom. The van der Waals surface area contributed by atoms with Gasteiger partial charge in [-0.15, -0.1) is 11.3 Å². The number of aromatic nitrogens is 4. The van der Waals surface area contributed by atoms with Crippen molar-refractivity contribution in [3.05, 3.63) is 38.5 Å². The SMILES string of the molecule is Cc1nc(-c2cccs2)n2c(=O)[nH]c(=S)[nH]c12. The molecule has 0 saturated carbocycles. The third-order valence-electron chi connectivity index (χ3n) is 2.45. The Labute approximate surface area is 105 Å². The van der Waals surface area contributed by atoms with Crippen LogP contribution < -0.4 is 5.69 Å². The largest absolute Gasteiger partial charge is 0.335 e. The molecular weight excluding hydrogens is 256 g/mol. The van der Waals surface area contributed by atoms with Crippen molar-refractivity contribution >= 4 is 29.2 Å². The molecule has 0 saturated heterocycles. The predicted octanol–water partition coefficient (Wildman–Crippen LogP) is 2.12. The average molecular weight is 264 g/mol. The monoisotopic (exact) mass is 264 g/mol. The van der Waals surface area contributed by atoms with Crippen molar-refractivity contribution in [2.75, 3.05) is 0 Å². The first-order valence-electron chi connectivity index (χ1n) is 4.92. The summed E-state index contributed by atoms with van der Waals surface area (Å²) in [6.07, 6.45) is 0. The van der Waals surface area contributed by atoms with Crippen LogP contribution in [0.2, 0.25) is 0 Å². The summed E-state index contributed by atoms with van der Waals surface area (Å²) >= 11 is 6.49. The second-order valence-electron chi connectivity index (χ2n) is 3.57. The van der Waals surface area contributed by atoms with Gasteiger partial charge in [-0.3, -0.25) is 4.98 Å². The summed E-state index contributed by atoms with van der Waals surface area (Å²) in [6, 6.07) is 3.86. The molecular formula is C10H8N4OS2. The van der Waals surface area contributed by atoms with Crippen LogP contribution in [-0.2, 0) is 0 Å². The Hall–Kier alpha value is -1.73. The van der Waals surface area contributed by atoms with Gasteiger partial charge in [0.25, 0.3) is 0 Å². The molecule has 0 amide bonds. The molecule has 2 N–H and O–H groups in total. The molecule has 5 nitrogen and oxygen atoms in total. The standard InChI is InChI=1S/C10H8N4OS2/c1-5-7-12-9(16)13-10(15)14(7)8(11-5)6-3-2-4-17-6/h2-4H,1H3,(H2,12,13,15,16). The molecule has 0 fully saturated rings. The lowest BCUT2D eigenvalue weighted by Gasteiger charge is -1.96. The minimum Gasteiger partial charge on any atom is -0.316 e. The molecule has 7 heteroatoms. The molecule has 3 aromatic rings. The second-order valence-corrected chi connectivity index (χ2v) is 4.92. The molecule has 0 aliphatic heterocycles. The van der Waals surface area contributed by atoms with Crippen molar-refractivity contribution < 1.29 is 0 Å². The number of hydrogen-bond donors (Lipinski definition) is 2. The summed E-state index contributed by atoms with van der Waals surface area (Å²) in [5.74, 6) is 0.639. The molecule has 0 aliphatic rings. The highest BCUT2D eigenvalue weighted by Gasteiger charge is 2.13. The van der Waals surface area contributed by atoms with Crippen molar-refractivity contribution in [2.24, 2.45) is 0 Å². The van der Waals surface area contributed by atoms with Crippen LogP contribution in [0.5, 0.6) is 0 Å². The molecule has 17 heavy (non-hydrogen) atoms. The number of fused-ring (bicyclic) bond motifs is 1. The Morgan fingerprint density at radius 2 is 2.29 bits per heavy atom. The molecule has 3 aromatic heterocycles. The molecule has 3 heterocycles. The molecule has 3 rings (SSSR count). The van der Waals surface area contributed by atoms with E-state index in [9.17, 15) is 4.79 Å². The third kappa shape index (κ3) is 1.55. The molecule has 0 atom stereocenters. The van der Waals surface area contributed by atoms with Crippen LogP contribution in [0.1, 0.15) is 5.69 Å². The lowest BCUT2D eigenvalue weighted by Crippen LogP contribution is -2.18. The van der Waals surface area contributed by atoms with Crippen molar-refractivity contribution in [3.8, 4) is 10.7 Å². The fourth-order valence-corrected chi connectivity index (χ4v) is 2.62. The predicted molar refractivity (Wildman–Crippen MR) is 69.0 cm³/mol. The van der Waals surface area contributed by atoms with E-state index in [-0.39, 0.29) is 5.69 Å². The minimum atomic E-state index is -0.271. The van der Waals surface area contributed by atoms with Gasteiger partial charge in [0.05, 0.1) is 10.6 Å². The second kappa shape index (κ2) is 3.64. The van der Waals surface area contributed by atoms with Crippen LogP contribution in [0, 0.1) is 11.7 Å². The van der Waals surface area contributed by atoms with E-state index < -0.39 is 0 Å². The number of thiophene rings is 1. The first-order chi connectivity index (χ1) is 8.16. The summed E-state index contributed by atoms with van der Waals surface area (Å²) in [5.41, 5.74) is 1.13. The van der Waals surface area contributed by atoms with Gasteiger partial charge in [-0.1, -0.05) is 6.07 Å². The van der Waals surface area contributed by atoms with Crippen LogP contribution in [-0.4, -0.2) is 19.4 Å². The maximum Gasteiger partial charge on any atom is 0.335 e. The highest BCUT2D eigenvalue weighted by molar-refractivity contribution is 7.71. The van der Waals surface area contributed by atoms with E-state index in [2.05, 4.69) is 15.0 Å². The van der Waals surface area contributed by atoms with Crippen LogP contribution in [0.15, 0.2) is 22.3 Å². The first-order valence-corrected chi connectivity index (χ1v) is 6.21. The van der Waals surface area contributed by atoms with E-state index in [0.717, 1.165) is 10.6 Å². The van der Waals surface area contributed by atoms with Gasteiger partial charge in [0, 0.05) is 0 Å². The molecule has 0 bridgehead atoms. The molecule has 0 aliphatic carbocycles. The summed E-state index contributed by atoms with van der Waals surface area (Å²) < 4.78 is 1.82. The van der Waals surface area contributed by atoms with Gasteiger partial charge in [-0.2, -0.15) is 0 Å². The zero-order valence-corrected chi connectivity index (χ0v) is 10.5. The van der Waals surface area contributed by atoms with E-state index in [1.165, 1.54) is 4.40 Å². The number of nitrogens with one attached hydrogen (secondary N) is 2. The summed E-state index contributed by atoms with van der Waals surface area (Å²) in [5, 5.41) is 1.95. The van der Waals surface area contributed by atoms with Crippen LogP contribution in [0.25, 0.3) is 16.3 Å². The van der Waals surface area contributed by atoms with Crippen molar-refractivity contribution in [3.63, 3.8) is 0 Å². The van der Waals surface area contributed by atoms with Gasteiger partial charge in [0.1, 0.15) is 5.65 Å². The summed E-state index contributed by atoms with van der Waals surface area (Å²) in [4.78, 5) is 22.8. The molecule has 0 unspecified atom stereocenters. The van der Waals surface area contributed by atoms with Gasteiger partial charge in [-0.25, -0.2) is 14.2 Å². The lowest BCUT2D eigenvalue weighted by molar-refractivity contribution is 0.942. The Kier molecular flexibility index (Phi) is 2.23. The minimum absolute atomic E-state index is 0.271. The number of aryl methyl sites for hydroxylation is 1. The van der Waals surface area contributed by atoms with E-state index in [1.807, 2.05) is 24.4 Å². The summed E-state index contributed by atoms with van der Waals surface area (Å²) in [6.45, 7) is 1.84. The Morgan fingerprint density at radius 1 is 1.47 bits per heavy atom. The number of hydrogen-bond acceptors (Lipinski definition) is 4. The van der Waals surface area contributed by atoms with Crippen LogP contribution in [0.3, 0.4) is 0 Å². The van der Waals surface area contributed by atoms with E-state index in [0.29, 0.717) is 16.2 Å². The zero-order chi connectivity index (χ0) is 12.0. The third-order valence-corrected chi connectivity index (χ3v) is 3.52. The van der Waals surface area contributed by atoms with Gasteiger partial charge in [-0.05, 0) is 30.6 Å². The van der Waals surface area contributed by atoms with Gasteiger partial charge in [0.15, 0.2) is 10.6 Å². The smallest absolute Gasteiger partial charge is 0.316 e. The van der Waals surface area contributed by atoms with E-state index in [1.54, 1.807) is 11.3 Å². The number of imidazole rings is 1. The maximum atomic E-state index is 11.9. The molecule has 0 radical (unpaired) electrons. The van der Waals surface area contributed by atoms with Crippen LogP contribution >= 0.6 is 23.6 Å². The topological polar surface area (TPSA) is 66.0 Å². The Balaban J connectivity index is 2.50. The summed E-state index contributed by atoms with van der Waals surface area (Å²) in [7, 11) is 0. The normalized spacial score (nSPS) is 11.1. The fraction of sp³-hybridized carbons (Fsp3) is 0.100. The lowest BCUT2D eigenvalue weighted by atomic mass is 10.4. The molecule has 0 aromatic carbocycles. The quantitative estimate of drug-likeness (QED) is 0.662. The average Bonchev–Trinajstić information content (AvgIpc) is 2.86. The fourth-order valence-electron chi connectivity index (χ4n) is 1.74. The number of nitrogens with zero attached hydrogens (tertiary/aromatic N) is 2.